The Morgan fingerprint density at radius 3 is 2.00 bits per heavy atom. The molecule has 21 heavy (non-hydrogen) atoms. The van der Waals surface area contributed by atoms with Crippen LogP contribution in [0.25, 0.3) is 0 Å². The minimum Gasteiger partial charge on any atom is -0.431 e. The fraction of sp³-hybridized carbons (Fsp3) is 0.444. The molecule has 0 spiro atoms. The highest BCUT2D eigenvalue weighted by atomic mass is 16.5. The maximum atomic E-state index is 11.9. The molecule has 0 fully saturated rings. The van der Waals surface area contributed by atoms with Gasteiger partial charge in [0.25, 0.3) is 0 Å². The highest BCUT2D eigenvalue weighted by Crippen LogP contribution is 2.24. The number of carbonyl (C=O) groups excluding carboxylic acids is 2. The van der Waals surface area contributed by atoms with Crippen molar-refractivity contribution < 1.29 is 14.3 Å². The lowest BCUT2D eigenvalue weighted by Crippen LogP contribution is -2.16. The van der Waals surface area contributed by atoms with E-state index in [0.29, 0.717) is 5.76 Å². The quantitative estimate of drug-likeness (QED) is 0.584. The number of rotatable bonds is 6. The van der Waals surface area contributed by atoms with Crippen molar-refractivity contribution in [2.24, 2.45) is 11.8 Å². The van der Waals surface area contributed by atoms with E-state index in [4.69, 9.17) is 4.74 Å². The molecular formula is C18H24O3. The van der Waals surface area contributed by atoms with Crippen LogP contribution in [-0.2, 0) is 14.3 Å². The van der Waals surface area contributed by atoms with Gasteiger partial charge in [0.15, 0.2) is 0 Å². The molecular weight excluding hydrogens is 264 g/mol. The number of allylic oxidation sites excluding steroid dienone is 2. The van der Waals surface area contributed by atoms with E-state index in [9.17, 15) is 9.59 Å². The summed E-state index contributed by atoms with van der Waals surface area (Å²) in [5.41, 5.74) is 0.906. The number of ether oxygens (including phenoxy) is 1. The SMILES string of the molecule is CC(=O)C(/C=C(\OC(=O)C(C)C)C(C)C)c1ccccc1. The Kier molecular flexibility index (Phi) is 6.35. The molecule has 1 unspecified atom stereocenters. The van der Waals surface area contributed by atoms with Crippen molar-refractivity contribution in [1.29, 1.82) is 0 Å². The molecule has 3 nitrogen and oxygen atoms in total. The second-order valence-electron chi connectivity index (χ2n) is 5.80. The lowest BCUT2D eigenvalue weighted by Gasteiger charge is -2.17. The zero-order valence-electron chi connectivity index (χ0n) is 13.4. The Morgan fingerprint density at radius 1 is 1.00 bits per heavy atom. The van der Waals surface area contributed by atoms with Gasteiger partial charge in [0.1, 0.15) is 11.5 Å². The van der Waals surface area contributed by atoms with Crippen LogP contribution in [0.1, 0.15) is 46.1 Å². The van der Waals surface area contributed by atoms with Gasteiger partial charge < -0.3 is 4.74 Å². The Labute approximate surface area is 127 Å². The number of carbonyl (C=O) groups is 2. The van der Waals surface area contributed by atoms with Crippen LogP contribution in [0.2, 0.25) is 0 Å². The molecule has 1 aromatic carbocycles. The maximum absolute atomic E-state index is 11.9. The van der Waals surface area contributed by atoms with Gasteiger partial charge in [-0.05, 0) is 18.6 Å². The Hall–Kier alpha value is -1.90. The van der Waals surface area contributed by atoms with Crippen molar-refractivity contribution >= 4 is 11.8 Å². The number of Topliss-reactive ketones (excluding diaryl/α,β-unsaturated/α-hetero) is 1. The van der Waals surface area contributed by atoms with Crippen LogP contribution < -0.4 is 0 Å². The average Bonchev–Trinajstić information content (AvgIpc) is 2.43. The largest absolute Gasteiger partial charge is 0.431 e. The first-order chi connectivity index (χ1) is 9.82. The third-order valence-electron chi connectivity index (χ3n) is 3.19. The van der Waals surface area contributed by atoms with Gasteiger partial charge in [0, 0.05) is 5.92 Å². The summed E-state index contributed by atoms with van der Waals surface area (Å²) in [5, 5.41) is 0. The monoisotopic (exact) mass is 288 g/mol. The van der Waals surface area contributed by atoms with Gasteiger partial charge in [-0.15, -0.1) is 0 Å². The van der Waals surface area contributed by atoms with Crippen LogP contribution in [0.5, 0.6) is 0 Å². The second-order valence-corrected chi connectivity index (χ2v) is 5.80. The van der Waals surface area contributed by atoms with Crippen LogP contribution in [0.4, 0.5) is 0 Å². The Bertz CT molecular complexity index is 513. The van der Waals surface area contributed by atoms with E-state index in [1.807, 2.05) is 44.2 Å². The molecule has 0 amide bonds. The fourth-order valence-corrected chi connectivity index (χ4v) is 1.85. The van der Waals surface area contributed by atoms with E-state index in [0.717, 1.165) is 5.56 Å². The van der Waals surface area contributed by atoms with Gasteiger partial charge in [0.2, 0.25) is 0 Å². The third-order valence-corrected chi connectivity index (χ3v) is 3.19. The summed E-state index contributed by atoms with van der Waals surface area (Å²) in [4.78, 5) is 23.7. The first-order valence-electron chi connectivity index (χ1n) is 7.31. The Balaban J connectivity index is 3.10. The number of benzene rings is 1. The highest BCUT2D eigenvalue weighted by Gasteiger charge is 2.19. The molecule has 1 aromatic rings. The molecule has 0 bridgehead atoms. The summed E-state index contributed by atoms with van der Waals surface area (Å²) in [6, 6.07) is 9.52. The minimum absolute atomic E-state index is 0.0277. The molecule has 0 radical (unpaired) electrons. The molecule has 0 aliphatic rings. The van der Waals surface area contributed by atoms with E-state index in [1.54, 1.807) is 26.8 Å². The van der Waals surface area contributed by atoms with Gasteiger partial charge in [-0.2, -0.15) is 0 Å². The molecule has 0 saturated heterocycles. The molecule has 0 saturated carbocycles. The fourth-order valence-electron chi connectivity index (χ4n) is 1.85. The zero-order chi connectivity index (χ0) is 16.0. The van der Waals surface area contributed by atoms with Gasteiger partial charge in [-0.3, -0.25) is 9.59 Å². The van der Waals surface area contributed by atoms with Crippen LogP contribution in [0, 0.1) is 11.8 Å². The van der Waals surface area contributed by atoms with Gasteiger partial charge in [0.05, 0.1) is 11.8 Å². The predicted molar refractivity (Wildman–Crippen MR) is 83.7 cm³/mol. The van der Waals surface area contributed by atoms with Gasteiger partial charge in [-0.25, -0.2) is 0 Å². The molecule has 0 heterocycles. The first kappa shape index (κ1) is 17.2. The average molecular weight is 288 g/mol. The molecule has 0 aromatic heterocycles. The van der Waals surface area contributed by atoms with Crippen molar-refractivity contribution in [3.05, 3.63) is 47.7 Å². The van der Waals surface area contributed by atoms with Crippen molar-refractivity contribution in [3.8, 4) is 0 Å². The third kappa shape index (κ3) is 5.18. The normalized spacial score (nSPS) is 13.4. The van der Waals surface area contributed by atoms with Crippen LogP contribution in [-0.4, -0.2) is 11.8 Å². The standard InChI is InChI=1S/C18H24O3/c1-12(2)17(21-18(20)13(3)4)11-16(14(5)19)15-9-7-6-8-10-15/h6-13,16H,1-5H3/b17-11-. The van der Waals surface area contributed by atoms with E-state index in [-0.39, 0.29) is 29.5 Å². The summed E-state index contributed by atoms with van der Waals surface area (Å²) >= 11 is 0. The second kappa shape index (κ2) is 7.77. The minimum atomic E-state index is -0.386. The molecule has 0 N–H and O–H groups in total. The Morgan fingerprint density at radius 2 is 1.57 bits per heavy atom. The van der Waals surface area contributed by atoms with Gasteiger partial charge >= 0.3 is 5.97 Å². The summed E-state index contributed by atoms with van der Waals surface area (Å²) in [6.07, 6.45) is 1.77. The number of esters is 1. The summed E-state index contributed by atoms with van der Waals surface area (Å²) in [7, 11) is 0. The van der Waals surface area contributed by atoms with E-state index >= 15 is 0 Å². The van der Waals surface area contributed by atoms with E-state index in [2.05, 4.69) is 0 Å². The molecule has 0 aliphatic heterocycles. The summed E-state index contributed by atoms with van der Waals surface area (Å²) in [6.45, 7) is 9.03. The molecule has 0 aliphatic carbocycles. The number of hydrogen-bond donors (Lipinski definition) is 0. The first-order valence-corrected chi connectivity index (χ1v) is 7.31. The van der Waals surface area contributed by atoms with Crippen LogP contribution in [0.3, 0.4) is 0 Å². The van der Waals surface area contributed by atoms with Crippen molar-refractivity contribution in [2.75, 3.05) is 0 Å². The lowest BCUT2D eigenvalue weighted by atomic mass is 9.93. The highest BCUT2D eigenvalue weighted by molar-refractivity contribution is 5.85. The van der Waals surface area contributed by atoms with Crippen molar-refractivity contribution in [3.63, 3.8) is 0 Å². The topological polar surface area (TPSA) is 43.4 Å². The lowest BCUT2D eigenvalue weighted by molar-refractivity contribution is -0.143. The number of ketones is 1. The molecule has 114 valence electrons. The van der Waals surface area contributed by atoms with E-state index < -0.39 is 0 Å². The van der Waals surface area contributed by atoms with E-state index in [1.165, 1.54) is 0 Å². The molecule has 1 rings (SSSR count). The van der Waals surface area contributed by atoms with Crippen LogP contribution in [0.15, 0.2) is 42.2 Å². The predicted octanol–water partition coefficient (Wildman–Crippen LogP) is 4.10. The zero-order valence-corrected chi connectivity index (χ0v) is 13.4. The maximum Gasteiger partial charge on any atom is 0.313 e. The molecule has 1 atom stereocenters. The number of hydrogen-bond acceptors (Lipinski definition) is 3. The molecule has 3 heteroatoms. The smallest absolute Gasteiger partial charge is 0.313 e. The van der Waals surface area contributed by atoms with Crippen LogP contribution >= 0.6 is 0 Å². The van der Waals surface area contributed by atoms with Crippen molar-refractivity contribution in [1.82, 2.24) is 0 Å². The van der Waals surface area contributed by atoms with Gasteiger partial charge in [-0.1, -0.05) is 58.0 Å². The summed E-state index contributed by atoms with van der Waals surface area (Å²) in [5.74, 6) is -0.232. The van der Waals surface area contributed by atoms with Crippen molar-refractivity contribution in [2.45, 2.75) is 40.5 Å². The summed E-state index contributed by atoms with van der Waals surface area (Å²) < 4.78 is 5.45.